The van der Waals surface area contributed by atoms with Gasteiger partial charge in [-0.1, -0.05) is 44.5 Å². The van der Waals surface area contributed by atoms with Gasteiger partial charge in [0.15, 0.2) is 0 Å². The summed E-state index contributed by atoms with van der Waals surface area (Å²) in [5.41, 5.74) is 2.49. The zero-order valence-corrected chi connectivity index (χ0v) is 9.61. The Morgan fingerprint density at radius 1 is 1.27 bits per heavy atom. The summed E-state index contributed by atoms with van der Waals surface area (Å²) in [5.74, 6) is 1.05. The minimum absolute atomic E-state index is 0.293. The first-order valence-corrected chi connectivity index (χ1v) is 5.96. The molecule has 2 rings (SSSR count). The second-order valence-electron chi connectivity index (χ2n) is 4.99. The van der Waals surface area contributed by atoms with Crippen LogP contribution in [-0.2, 0) is 0 Å². The van der Waals surface area contributed by atoms with Gasteiger partial charge < -0.3 is 5.11 Å². The lowest BCUT2D eigenvalue weighted by Gasteiger charge is -2.27. The normalized spacial score (nSPS) is 18.9. The van der Waals surface area contributed by atoms with Crippen molar-refractivity contribution in [1.29, 1.82) is 0 Å². The van der Waals surface area contributed by atoms with E-state index in [9.17, 15) is 5.11 Å². The number of hydrogen-bond acceptors (Lipinski definition) is 1. The third-order valence-corrected chi connectivity index (χ3v) is 3.46. The highest BCUT2D eigenvalue weighted by molar-refractivity contribution is 5.29. The molecule has 1 fully saturated rings. The maximum absolute atomic E-state index is 9.99. The molecule has 1 N–H and O–H groups in total. The average molecular weight is 204 g/mol. The van der Waals surface area contributed by atoms with Crippen LogP contribution >= 0.6 is 0 Å². The van der Waals surface area contributed by atoms with E-state index in [2.05, 4.69) is 32.0 Å². The quantitative estimate of drug-likeness (QED) is 0.797. The van der Waals surface area contributed by atoms with Crippen molar-refractivity contribution in [2.75, 3.05) is 0 Å². The molecule has 1 unspecified atom stereocenters. The molecule has 0 aromatic heterocycles. The van der Waals surface area contributed by atoms with Crippen molar-refractivity contribution in [3.05, 3.63) is 35.4 Å². The van der Waals surface area contributed by atoms with Crippen LogP contribution in [0, 0.1) is 5.92 Å². The van der Waals surface area contributed by atoms with Crippen molar-refractivity contribution in [2.24, 2.45) is 5.92 Å². The van der Waals surface area contributed by atoms with Crippen LogP contribution in [0.4, 0.5) is 0 Å². The van der Waals surface area contributed by atoms with Crippen molar-refractivity contribution in [3.8, 4) is 0 Å². The number of rotatable bonds is 3. The molecule has 0 saturated heterocycles. The van der Waals surface area contributed by atoms with E-state index in [4.69, 9.17) is 0 Å². The fraction of sp³-hybridized carbons (Fsp3) is 0.571. The fourth-order valence-corrected chi connectivity index (χ4v) is 2.12. The maximum atomic E-state index is 9.99. The van der Waals surface area contributed by atoms with E-state index in [0.29, 0.717) is 5.92 Å². The summed E-state index contributed by atoms with van der Waals surface area (Å²) in [5, 5.41) is 9.99. The van der Waals surface area contributed by atoms with Gasteiger partial charge in [-0.05, 0) is 35.8 Å². The summed E-state index contributed by atoms with van der Waals surface area (Å²) in [6.07, 6.45) is 3.69. The van der Waals surface area contributed by atoms with E-state index < -0.39 is 0 Å². The first-order chi connectivity index (χ1) is 7.18. The molecular formula is C14H20O. The topological polar surface area (TPSA) is 20.2 Å². The van der Waals surface area contributed by atoms with Gasteiger partial charge >= 0.3 is 0 Å². The average Bonchev–Trinajstić information content (AvgIpc) is 2.14. The molecule has 0 bridgehead atoms. The molecule has 0 spiro atoms. The van der Waals surface area contributed by atoms with Gasteiger partial charge in [0.2, 0.25) is 0 Å². The molecule has 0 aliphatic heterocycles. The zero-order chi connectivity index (χ0) is 10.8. The Kier molecular flexibility index (Phi) is 3.11. The van der Waals surface area contributed by atoms with Crippen LogP contribution in [-0.4, -0.2) is 5.11 Å². The Labute approximate surface area is 92.1 Å². The first kappa shape index (κ1) is 10.7. The maximum Gasteiger partial charge on any atom is 0.0813 e. The second-order valence-corrected chi connectivity index (χ2v) is 4.99. The van der Waals surface area contributed by atoms with E-state index in [1.807, 2.05) is 6.07 Å². The highest BCUT2D eigenvalue weighted by Crippen LogP contribution is 2.37. The summed E-state index contributed by atoms with van der Waals surface area (Å²) < 4.78 is 0. The molecule has 1 aliphatic carbocycles. The Hall–Kier alpha value is -0.820. The molecule has 1 aromatic carbocycles. The summed E-state index contributed by atoms with van der Waals surface area (Å²) in [7, 11) is 0. The predicted octanol–water partition coefficient (Wildman–Crippen LogP) is 3.64. The predicted molar refractivity (Wildman–Crippen MR) is 62.8 cm³/mol. The molecule has 15 heavy (non-hydrogen) atoms. The molecule has 1 aliphatic rings. The van der Waals surface area contributed by atoms with Crippen LogP contribution in [0.3, 0.4) is 0 Å². The highest BCUT2D eigenvalue weighted by Gasteiger charge is 2.20. The van der Waals surface area contributed by atoms with Crippen LogP contribution in [0.15, 0.2) is 24.3 Å². The van der Waals surface area contributed by atoms with Gasteiger partial charge in [0.05, 0.1) is 6.10 Å². The van der Waals surface area contributed by atoms with Crippen molar-refractivity contribution in [2.45, 2.75) is 45.1 Å². The number of aliphatic hydroxyl groups is 1. The van der Waals surface area contributed by atoms with Gasteiger partial charge in [0, 0.05) is 0 Å². The Morgan fingerprint density at radius 3 is 2.53 bits per heavy atom. The molecule has 1 nitrogen and oxygen atoms in total. The fourth-order valence-electron chi connectivity index (χ4n) is 2.12. The largest absolute Gasteiger partial charge is 0.388 e. The summed E-state index contributed by atoms with van der Waals surface area (Å²) in [6, 6.07) is 8.50. The minimum atomic E-state index is -0.315. The van der Waals surface area contributed by atoms with Crippen LogP contribution in [0.25, 0.3) is 0 Å². The van der Waals surface area contributed by atoms with Crippen LogP contribution in [0.2, 0.25) is 0 Å². The van der Waals surface area contributed by atoms with Crippen LogP contribution in [0.5, 0.6) is 0 Å². The Balaban J connectivity index is 2.18. The minimum Gasteiger partial charge on any atom is -0.388 e. The van der Waals surface area contributed by atoms with E-state index in [1.165, 1.54) is 24.8 Å². The van der Waals surface area contributed by atoms with Gasteiger partial charge in [0.25, 0.3) is 0 Å². The lowest BCUT2D eigenvalue weighted by molar-refractivity contribution is 0.127. The first-order valence-electron chi connectivity index (χ1n) is 5.96. The number of benzene rings is 1. The lowest BCUT2D eigenvalue weighted by atomic mass is 9.79. The van der Waals surface area contributed by atoms with Gasteiger partial charge in [0.1, 0.15) is 0 Å². The van der Waals surface area contributed by atoms with Gasteiger partial charge in [-0.3, -0.25) is 0 Å². The van der Waals surface area contributed by atoms with E-state index in [-0.39, 0.29) is 6.10 Å². The third-order valence-electron chi connectivity index (χ3n) is 3.46. The number of hydrogen-bond donors (Lipinski definition) is 1. The standard InChI is InChI=1S/C14H20O/c1-10(2)14(15)13-8-4-7-12(9-13)11-5-3-6-11/h4,7-11,14-15H,3,5-6H2,1-2H3. The van der Waals surface area contributed by atoms with Crippen LogP contribution < -0.4 is 0 Å². The Bertz CT molecular complexity index is 326. The van der Waals surface area contributed by atoms with E-state index in [1.54, 1.807) is 0 Å². The number of aliphatic hydroxyl groups excluding tert-OH is 1. The van der Waals surface area contributed by atoms with Crippen molar-refractivity contribution < 1.29 is 5.11 Å². The van der Waals surface area contributed by atoms with Gasteiger partial charge in [-0.2, -0.15) is 0 Å². The van der Waals surface area contributed by atoms with Crippen molar-refractivity contribution >= 4 is 0 Å². The third kappa shape index (κ3) is 2.23. The highest BCUT2D eigenvalue weighted by atomic mass is 16.3. The molecular weight excluding hydrogens is 184 g/mol. The SMILES string of the molecule is CC(C)C(O)c1cccc(C2CCC2)c1. The van der Waals surface area contributed by atoms with E-state index >= 15 is 0 Å². The molecule has 0 radical (unpaired) electrons. The summed E-state index contributed by atoms with van der Waals surface area (Å²) in [4.78, 5) is 0. The summed E-state index contributed by atoms with van der Waals surface area (Å²) in [6.45, 7) is 4.11. The summed E-state index contributed by atoms with van der Waals surface area (Å²) >= 11 is 0. The smallest absolute Gasteiger partial charge is 0.0813 e. The van der Waals surface area contributed by atoms with Crippen LogP contribution in [0.1, 0.15) is 56.3 Å². The van der Waals surface area contributed by atoms with Gasteiger partial charge in [-0.15, -0.1) is 0 Å². The van der Waals surface area contributed by atoms with E-state index in [0.717, 1.165) is 11.5 Å². The second kappa shape index (κ2) is 4.36. The molecule has 82 valence electrons. The molecule has 1 saturated carbocycles. The molecule has 1 atom stereocenters. The van der Waals surface area contributed by atoms with Crippen molar-refractivity contribution in [1.82, 2.24) is 0 Å². The Morgan fingerprint density at radius 2 is 2.00 bits per heavy atom. The molecule has 1 heteroatoms. The monoisotopic (exact) mass is 204 g/mol. The van der Waals surface area contributed by atoms with Crippen molar-refractivity contribution in [3.63, 3.8) is 0 Å². The molecule has 0 heterocycles. The lowest BCUT2D eigenvalue weighted by Crippen LogP contribution is -2.10. The zero-order valence-electron chi connectivity index (χ0n) is 9.61. The van der Waals surface area contributed by atoms with Gasteiger partial charge in [-0.25, -0.2) is 0 Å². The molecule has 1 aromatic rings. The molecule has 0 amide bonds.